The number of hydrogen-bond acceptors (Lipinski definition) is 4. The lowest BCUT2D eigenvalue weighted by Crippen LogP contribution is -2.09. The molecule has 21 heavy (non-hydrogen) atoms. The molecule has 0 amide bonds. The Bertz CT molecular complexity index is 504. The predicted molar refractivity (Wildman–Crippen MR) is 72.5 cm³/mol. The van der Waals surface area contributed by atoms with Crippen LogP contribution in [0.5, 0.6) is 0 Å². The smallest absolute Gasteiger partial charge is 0.394 e. The molecule has 0 heterocycles. The molecule has 2 N–H and O–H groups in total. The lowest BCUT2D eigenvalue weighted by Gasteiger charge is -2.09. The van der Waals surface area contributed by atoms with Crippen LogP contribution >= 0.6 is 0 Å². The molecule has 0 fully saturated rings. The number of nitrogens with two attached hydrogens (primary N) is 1. The van der Waals surface area contributed by atoms with Crippen LogP contribution in [0.3, 0.4) is 0 Å². The second-order valence-electron chi connectivity index (χ2n) is 4.25. The van der Waals surface area contributed by atoms with Crippen molar-refractivity contribution in [2.24, 2.45) is 10.9 Å². The summed E-state index contributed by atoms with van der Waals surface area (Å²) < 4.78 is 37.5. The molecule has 4 nitrogen and oxygen atoms in total. The molecule has 0 saturated carbocycles. The average molecular weight is 299 g/mol. The highest BCUT2D eigenvalue weighted by Crippen LogP contribution is 2.29. The third-order valence-electron chi connectivity index (χ3n) is 2.63. The lowest BCUT2D eigenvalue weighted by atomic mass is 10.0. The number of alkyl halides is 3. The van der Waals surface area contributed by atoms with Crippen molar-refractivity contribution in [3.05, 3.63) is 35.4 Å². The van der Waals surface area contributed by atoms with Crippen LogP contribution in [-0.4, -0.2) is 18.9 Å². The van der Waals surface area contributed by atoms with E-state index in [9.17, 15) is 13.2 Å². The molecule has 1 aromatic carbocycles. The predicted octanol–water partition coefficient (Wildman–Crippen LogP) is 3.08. The number of nitrogens with zero attached hydrogens (tertiary/aromatic N) is 2. The Balaban J connectivity index is 2.86. The minimum Gasteiger partial charge on any atom is -0.394 e. The van der Waals surface area contributed by atoms with E-state index in [2.05, 4.69) is 5.16 Å². The van der Waals surface area contributed by atoms with Gasteiger partial charge in [-0.1, -0.05) is 17.3 Å². The molecule has 114 valence electrons. The highest BCUT2D eigenvalue weighted by atomic mass is 19.4. The first-order chi connectivity index (χ1) is 9.99. The number of nitriles is 1. The van der Waals surface area contributed by atoms with E-state index in [4.69, 9.17) is 15.8 Å². The zero-order valence-electron chi connectivity index (χ0n) is 11.4. The fourth-order valence-electron chi connectivity index (χ4n) is 1.61. The lowest BCUT2D eigenvalue weighted by molar-refractivity contribution is -0.137. The topological polar surface area (TPSA) is 71.4 Å². The number of oxime groups is 1. The van der Waals surface area contributed by atoms with Crippen LogP contribution in [0.1, 0.15) is 30.4 Å². The van der Waals surface area contributed by atoms with Gasteiger partial charge < -0.3 is 10.6 Å². The van der Waals surface area contributed by atoms with E-state index < -0.39 is 11.7 Å². The van der Waals surface area contributed by atoms with Crippen molar-refractivity contribution in [1.29, 1.82) is 5.26 Å². The minimum atomic E-state index is -4.37. The van der Waals surface area contributed by atoms with Gasteiger partial charge in [-0.05, 0) is 30.5 Å². The van der Waals surface area contributed by atoms with Crippen LogP contribution in [0.4, 0.5) is 13.2 Å². The molecule has 0 saturated heterocycles. The van der Waals surface area contributed by atoms with E-state index >= 15 is 0 Å². The first-order valence-corrected chi connectivity index (χ1v) is 6.42. The molecule has 1 rings (SSSR count). The summed E-state index contributed by atoms with van der Waals surface area (Å²) in [6.07, 6.45) is -3.02. The van der Waals surface area contributed by atoms with Crippen LogP contribution in [0.2, 0.25) is 0 Å². The van der Waals surface area contributed by atoms with Crippen molar-refractivity contribution < 1.29 is 18.0 Å². The van der Waals surface area contributed by atoms with E-state index in [0.29, 0.717) is 37.1 Å². The number of unbranched alkanes of at least 4 members (excludes halogenated alkanes) is 1. The quantitative estimate of drug-likeness (QED) is 0.478. The van der Waals surface area contributed by atoms with E-state index in [-0.39, 0.29) is 6.61 Å². The monoisotopic (exact) mass is 299 g/mol. The van der Waals surface area contributed by atoms with Crippen molar-refractivity contribution in [3.8, 4) is 6.07 Å². The summed E-state index contributed by atoms with van der Waals surface area (Å²) in [5.74, 6) is 0. The first-order valence-electron chi connectivity index (χ1n) is 6.42. The summed E-state index contributed by atoms with van der Waals surface area (Å²) >= 11 is 0. The van der Waals surface area contributed by atoms with E-state index in [0.717, 1.165) is 12.1 Å². The van der Waals surface area contributed by atoms with Gasteiger partial charge in [0, 0.05) is 13.0 Å². The molecule has 0 aliphatic rings. The van der Waals surface area contributed by atoms with E-state index in [1.165, 1.54) is 12.1 Å². The average Bonchev–Trinajstić information content (AvgIpc) is 2.45. The maximum absolute atomic E-state index is 12.5. The first kappa shape index (κ1) is 17.0. The Morgan fingerprint density at radius 3 is 2.48 bits per heavy atom. The molecule has 0 aliphatic carbocycles. The molecular weight excluding hydrogens is 283 g/mol. The Kier molecular flexibility index (Phi) is 6.69. The highest BCUT2D eigenvalue weighted by molar-refractivity contribution is 6.00. The Labute approximate surface area is 121 Å². The maximum Gasteiger partial charge on any atom is 0.416 e. The molecule has 1 aromatic rings. The number of benzene rings is 1. The fourth-order valence-corrected chi connectivity index (χ4v) is 1.61. The second kappa shape index (κ2) is 8.27. The van der Waals surface area contributed by atoms with Crippen LogP contribution in [0.25, 0.3) is 0 Å². The molecule has 0 aromatic heterocycles. The van der Waals surface area contributed by atoms with E-state index in [1.807, 2.05) is 6.07 Å². The zero-order valence-corrected chi connectivity index (χ0v) is 11.4. The third-order valence-corrected chi connectivity index (χ3v) is 2.63. The number of hydrogen-bond donors (Lipinski definition) is 1. The van der Waals surface area contributed by atoms with Gasteiger partial charge in [0.15, 0.2) is 0 Å². The van der Waals surface area contributed by atoms with Crippen molar-refractivity contribution in [3.63, 3.8) is 0 Å². The Hall–Kier alpha value is -2.07. The van der Waals surface area contributed by atoms with Gasteiger partial charge in [-0.15, -0.1) is 0 Å². The normalized spacial score (nSPS) is 12.0. The summed E-state index contributed by atoms with van der Waals surface area (Å²) in [6, 6.07) is 6.70. The van der Waals surface area contributed by atoms with Crippen LogP contribution < -0.4 is 5.73 Å². The molecular formula is C14H16F3N3O. The number of halogens is 3. The fraction of sp³-hybridized carbons (Fsp3) is 0.429. The SMILES string of the molecule is N#CCCCC(=NOCCN)c1ccc(C(F)(F)F)cc1. The van der Waals surface area contributed by atoms with Crippen LogP contribution in [0.15, 0.2) is 29.4 Å². The van der Waals surface area contributed by atoms with Gasteiger partial charge in [0.25, 0.3) is 0 Å². The van der Waals surface area contributed by atoms with Crippen LogP contribution in [-0.2, 0) is 11.0 Å². The molecule has 0 atom stereocenters. The summed E-state index contributed by atoms with van der Waals surface area (Å²) in [5, 5.41) is 12.4. The second-order valence-corrected chi connectivity index (χ2v) is 4.25. The van der Waals surface area contributed by atoms with Gasteiger partial charge in [0.2, 0.25) is 0 Å². The number of rotatable bonds is 7. The van der Waals surface area contributed by atoms with Crippen LogP contribution in [0, 0.1) is 11.3 Å². The third kappa shape index (κ3) is 5.83. The zero-order chi connectivity index (χ0) is 15.7. The molecule has 0 aliphatic heterocycles. The summed E-state index contributed by atoms with van der Waals surface area (Å²) in [4.78, 5) is 4.99. The minimum absolute atomic E-state index is 0.225. The molecule has 0 unspecified atom stereocenters. The molecule has 0 radical (unpaired) electrons. The van der Waals surface area contributed by atoms with Gasteiger partial charge in [0.05, 0.1) is 17.3 Å². The van der Waals surface area contributed by atoms with Gasteiger partial charge >= 0.3 is 6.18 Å². The summed E-state index contributed by atoms with van der Waals surface area (Å²) in [5.41, 5.74) is 5.61. The Morgan fingerprint density at radius 2 is 1.95 bits per heavy atom. The largest absolute Gasteiger partial charge is 0.416 e. The van der Waals surface area contributed by atoms with E-state index in [1.54, 1.807) is 0 Å². The standard InChI is InChI=1S/C14H16F3N3O/c15-14(16,17)12-6-4-11(5-7-12)13(3-1-2-8-18)20-21-10-9-19/h4-7H,1-3,9-10,19H2. The van der Waals surface area contributed by atoms with Crippen molar-refractivity contribution in [2.75, 3.05) is 13.2 Å². The van der Waals surface area contributed by atoms with Gasteiger partial charge in [-0.2, -0.15) is 18.4 Å². The molecule has 0 bridgehead atoms. The van der Waals surface area contributed by atoms with Gasteiger partial charge in [0.1, 0.15) is 6.61 Å². The van der Waals surface area contributed by atoms with Crippen molar-refractivity contribution in [2.45, 2.75) is 25.4 Å². The highest BCUT2D eigenvalue weighted by Gasteiger charge is 2.30. The summed E-state index contributed by atoms with van der Waals surface area (Å²) in [6.45, 7) is 0.518. The molecule has 0 spiro atoms. The van der Waals surface area contributed by atoms with Gasteiger partial charge in [-0.3, -0.25) is 0 Å². The van der Waals surface area contributed by atoms with Crippen molar-refractivity contribution in [1.82, 2.24) is 0 Å². The van der Waals surface area contributed by atoms with Gasteiger partial charge in [-0.25, -0.2) is 0 Å². The Morgan fingerprint density at radius 1 is 1.29 bits per heavy atom. The maximum atomic E-state index is 12.5. The molecule has 7 heteroatoms. The van der Waals surface area contributed by atoms with Crippen molar-refractivity contribution >= 4 is 5.71 Å². The summed E-state index contributed by atoms with van der Waals surface area (Å²) in [7, 11) is 0.